The van der Waals surface area contributed by atoms with Crippen molar-refractivity contribution in [3.05, 3.63) is 42.0 Å². The number of hydrogen-bond acceptors (Lipinski definition) is 5. The van der Waals surface area contributed by atoms with Crippen molar-refractivity contribution >= 4 is 28.6 Å². The lowest BCUT2D eigenvalue weighted by molar-refractivity contribution is -0.135. The van der Waals surface area contributed by atoms with Crippen LogP contribution in [0.15, 0.2) is 36.4 Å². The largest absolute Gasteiger partial charge is 0.508 e. The van der Waals surface area contributed by atoms with Crippen molar-refractivity contribution in [1.29, 1.82) is 0 Å². The average molecular weight is 428 g/mol. The van der Waals surface area contributed by atoms with Gasteiger partial charge in [0.15, 0.2) is 0 Å². The van der Waals surface area contributed by atoms with Gasteiger partial charge in [0.2, 0.25) is 0 Å². The summed E-state index contributed by atoms with van der Waals surface area (Å²) in [7, 11) is 0. The second-order valence-corrected chi connectivity index (χ2v) is 10.5. The van der Waals surface area contributed by atoms with Gasteiger partial charge in [-0.3, -0.25) is 9.59 Å². The molecule has 1 N–H and O–H groups in total. The van der Waals surface area contributed by atoms with Crippen LogP contribution in [0.3, 0.4) is 0 Å². The Kier molecular flexibility index (Phi) is 6.55. The number of aromatic hydroxyl groups is 1. The van der Waals surface area contributed by atoms with E-state index in [0.717, 1.165) is 4.90 Å². The number of imide groups is 1. The lowest BCUT2D eigenvalue weighted by Gasteiger charge is -2.35. The van der Waals surface area contributed by atoms with Crippen LogP contribution in [0.4, 0.5) is 4.79 Å². The molecule has 31 heavy (non-hydrogen) atoms. The van der Waals surface area contributed by atoms with Gasteiger partial charge in [0, 0.05) is 17.4 Å². The topological polar surface area (TPSA) is 83.9 Å². The maximum absolute atomic E-state index is 13.6. The standard InChI is InChI=1S/C25H33NO5/c1-23(2,3)21(29)25(7,8)15-26(22(30)31-24(4,5)6)20(28)19-14-17(27)13-16-11-9-10-12-18(16)19/h9-14,27H,15H2,1-8H3. The number of ketones is 1. The molecule has 0 unspecified atom stereocenters. The van der Waals surface area contributed by atoms with Crippen LogP contribution in [0, 0.1) is 10.8 Å². The molecule has 6 heteroatoms. The molecule has 2 aromatic rings. The van der Waals surface area contributed by atoms with E-state index in [2.05, 4.69) is 0 Å². The van der Waals surface area contributed by atoms with Crippen LogP contribution in [0.1, 0.15) is 65.7 Å². The zero-order valence-corrected chi connectivity index (χ0v) is 19.7. The fourth-order valence-corrected chi connectivity index (χ4v) is 3.64. The lowest BCUT2D eigenvalue weighted by Crippen LogP contribution is -2.49. The Hall–Kier alpha value is -2.89. The quantitative estimate of drug-likeness (QED) is 0.690. The third-order valence-corrected chi connectivity index (χ3v) is 4.79. The molecule has 0 heterocycles. The normalized spacial score (nSPS) is 12.5. The maximum atomic E-state index is 13.6. The zero-order valence-electron chi connectivity index (χ0n) is 19.7. The number of rotatable bonds is 4. The van der Waals surface area contributed by atoms with Gasteiger partial charge in [0.25, 0.3) is 5.91 Å². The molecule has 0 spiro atoms. The molecule has 0 fully saturated rings. The monoisotopic (exact) mass is 427 g/mol. The molecule has 2 aromatic carbocycles. The summed E-state index contributed by atoms with van der Waals surface area (Å²) in [4.78, 5) is 40.6. The Morgan fingerprint density at radius 1 is 0.935 bits per heavy atom. The summed E-state index contributed by atoms with van der Waals surface area (Å²) in [5.74, 6) is -0.797. The molecule has 0 aromatic heterocycles. The van der Waals surface area contributed by atoms with Crippen LogP contribution in [0.2, 0.25) is 0 Å². The van der Waals surface area contributed by atoms with Crippen molar-refractivity contribution in [1.82, 2.24) is 4.90 Å². The van der Waals surface area contributed by atoms with Crippen LogP contribution >= 0.6 is 0 Å². The number of nitrogens with zero attached hydrogens (tertiary/aromatic N) is 1. The molecule has 0 atom stereocenters. The Balaban J connectivity index is 2.57. The van der Waals surface area contributed by atoms with E-state index in [4.69, 9.17) is 4.74 Å². The van der Waals surface area contributed by atoms with E-state index in [1.807, 2.05) is 0 Å². The minimum absolute atomic E-state index is 0.0814. The van der Waals surface area contributed by atoms with Gasteiger partial charge in [-0.05, 0) is 43.7 Å². The van der Waals surface area contributed by atoms with Crippen LogP contribution < -0.4 is 0 Å². The van der Waals surface area contributed by atoms with Gasteiger partial charge in [-0.2, -0.15) is 0 Å². The summed E-state index contributed by atoms with van der Waals surface area (Å²) in [6.07, 6.45) is -0.834. The SMILES string of the molecule is CC(C)(C)OC(=O)N(CC(C)(C)C(=O)C(C)(C)C)C(=O)c1cc(O)cc2ccccc12. The molecule has 2 rings (SSSR count). The first-order valence-corrected chi connectivity index (χ1v) is 10.3. The second kappa shape index (κ2) is 8.33. The van der Waals surface area contributed by atoms with Crippen LogP contribution in [0.5, 0.6) is 5.75 Å². The maximum Gasteiger partial charge on any atom is 0.417 e. The van der Waals surface area contributed by atoms with Crippen molar-refractivity contribution in [3.63, 3.8) is 0 Å². The van der Waals surface area contributed by atoms with E-state index < -0.39 is 28.4 Å². The van der Waals surface area contributed by atoms with Gasteiger partial charge < -0.3 is 9.84 Å². The summed E-state index contributed by atoms with van der Waals surface area (Å²) in [6.45, 7) is 13.8. The number of ether oxygens (including phenoxy) is 1. The number of benzene rings is 2. The number of phenols is 1. The van der Waals surface area contributed by atoms with Crippen molar-refractivity contribution in [3.8, 4) is 5.75 Å². The summed E-state index contributed by atoms with van der Waals surface area (Å²) in [5, 5.41) is 11.4. The fraction of sp³-hybridized carbons (Fsp3) is 0.480. The van der Waals surface area contributed by atoms with E-state index in [1.54, 1.807) is 85.7 Å². The summed E-state index contributed by atoms with van der Waals surface area (Å²) < 4.78 is 5.49. The summed E-state index contributed by atoms with van der Waals surface area (Å²) in [5.41, 5.74) is -2.31. The van der Waals surface area contributed by atoms with E-state index in [0.29, 0.717) is 10.8 Å². The lowest BCUT2D eigenvalue weighted by atomic mass is 9.74. The Morgan fingerprint density at radius 2 is 1.52 bits per heavy atom. The molecular weight excluding hydrogens is 394 g/mol. The minimum Gasteiger partial charge on any atom is -0.508 e. The van der Waals surface area contributed by atoms with Crippen LogP contribution in [-0.2, 0) is 9.53 Å². The van der Waals surface area contributed by atoms with E-state index in [9.17, 15) is 19.5 Å². The molecule has 0 aliphatic rings. The number of phenolic OH excluding ortho intramolecular Hbond substituents is 1. The first-order chi connectivity index (χ1) is 14.0. The molecule has 0 saturated heterocycles. The highest BCUT2D eigenvalue weighted by Gasteiger charge is 2.41. The molecule has 2 amide bonds. The van der Waals surface area contributed by atoms with Crippen molar-refractivity contribution in [2.24, 2.45) is 10.8 Å². The van der Waals surface area contributed by atoms with Crippen molar-refractivity contribution < 1.29 is 24.2 Å². The van der Waals surface area contributed by atoms with Crippen molar-refractivity contribution in [2.75, 3.05) is 6.54 Å². The number of hydrogen-bond donors (Lipinski definition) is 1. The summed E-state index contributed by atoms with van der Waals surface area (Å²) in [6, 6.07) is 9.99. The molecule has 0 radical (unpaired) electrons. The molecule has 0 aliphatic carbocycles. The number of amides is 2. The van der Waals surface area contributed by atoms with E-state index in [-0.39, 0.29) is 23.6 Å². The third kappa shape index (κ3) is 5.84. The van der Waals surface area contributed by atoms with Crippen LogP contribution in [0.25, 0.3) is 10.8 Å². The number of fused-ring (bicyclic) bond motifs is 1. The summed E-state index contributed by atoms with van der Waals surface area (Å²) >= 11 is 0. The molecule has 0 bridgehead atoms. The van der Waals surface area contributed by atoms with Crippen molar-refractivity contribution in [2.45, 2.75) is 61.0 Å². The number of carbonyl (C=O) groups is 3. The number of carbonyl (C=O) groups excluding carboxylic acids is 3. The van der Waals surface area contributed by atoms with Crippen LogP contribution in [-0.4, -0.2) is 39.9 Å². The first kappa shape index (κ1) is 24.4. The predicted octanol–water partition coefficient (Wildman–Crippen LogP) is 5.56. The minimum atomic E-state index is -1.00. The van der Waals surface area contributed by atoms with Gasteiger partial charge >= 0.3 is 6.09 Å². The van der Waals surface area contributed by atoms with Gasteiger partial charge in [-0.25, -0.2) is 9.69 Å². The van der Waals surface area contributed by atoms with Gasteiger partial charge in [0.1, 0.15) is 17.1 Å². The van der Waals surface area contributed by atoms with E-state index in [1.165, 1.54) is 6.07 Å². The molecule has 168 valence electrons. The Bertz CT molecular complexity index is 1010. The number of Topliss-reactive ketones (excluding diaryl/α,β-unsaturated/α-hetero) is 1. The first-order valence-electron chi connectivity index (χ1n) is 10.3. The highest BCUT2D eigenvalue weighted by molar-refractivity contribution is 6.12. The Morgan fingerprint density at radius 3 is 2.06 bits per heavy atom. The van der Waals surface area contributed by atoms with Gasteiger partial charge in [-0.1, -0.05) is 58.9 Å². The second-order valence-electron chi connectivity index (χ2n) is 10.5. The smallest absolute Gasteiger partial charge is 0.417 e. The molecular formula is C25H33NO5. The average Bonchev–Trinajstić information content (AvgIpc) is 2.62. The molecule has 0 saturated carbocycles. The van der Waals surface area contributed by atoms with E-state index >= 15 is 0 Å². The van der Waals surface area contributed by atoms with Gasteiger partial charge in [-0.15, -0.1) is 0 Å². The molecule has 0 aliphatic heterocycles. The predicted molar refractivity (Wildman–Crippen MR) is 121 cm³/mol. The van der Waals surface area contributed by atoms with Gasteiger partial charge in [0.05, 0.1) is 5.56 Å². The Labute approximate surface area is 184 Å². The fourth-order valence-electron chi connectivity index (χ4n) is 3.64. The highest BCUT2D eigenvalue weighted by atomic mass is 16.6. The zero-order chi connectivity index (χ0) is 23.8. The highest BCUT2D eigenvalue weighted by Crippen LogP contribution is 2.32. The molecule has 6 nitrogen and oxygen atoms in total. The third-order valence-electron chi connectivity index (χ3n) is 4.79.